The molecule has 5 heterocycles. The predicted octanol–water partition coefficient (Wildman–Crippen LogP) is 3.33. The van der Waals surface area contributed by atoms with Crippen molar-refractivity contribution in [3.8, 4) is 17.0 Å². The van der Waals surface area contributed by atoms with Crippen LogP contribution in [0.1, 0.15) is 17.4 Å². The fraction of sp³-hybridized carbons (Fsp3) is 0.250. The molecule has 9 nitrogen and oxygen atoms in total. The van der Waals surface area contributed by atoms with Gasteiger partial charge >= 0.3 is 0 Å². The van der Waals surface area contributed by atoms with Crippen LogP contribution in [0, 0.1) is 0 Å². The average molecular weight is 441 g/mol. The molecule has 1 atom stereocenters. The van der Waals surface area contributed by atoms with Crippen LogP contribution in [0.3, 0.4) is 0 Å². The number of hydrogen-bond donors (Lipinski definition) is 1. The Labute approximate surface area is 191 Å². The van der Waals surface area contributed by atoms with Gasteiger partial charge in [0.25, 0.3) is 0 Å². The number of pyridine rings is 1. The third-order valence-electron chi connectivity index (χ3n) is 5.83. The molecule has 0 saturated carbocycles. The lowest BCUT2D eigenvalue weighted by Crippen LogP contribution is -2.37. The third-order valence-corrected chi connectivity index (χ3v) is 5.83. The molecule has 1 saturated heterocycles. The molecule has 4 aromatic rings. The van der Waals surface area contributed by atoms with Crippen molar-refractivity contribution < 1.29 is 9.47 Å². The maximum atomic E-state index is 6.58. The maximum Gasteiger partial charge on any atom is 0.228 e. The van der Waals surface area contributed by atoms with E-state index < -0.39 is 0 Å². The summed E-state index contributed by atoms with van der Waals surface area (Å²) >= 11 is 0. The van der Waals surface area contributed by atoms with E-state index in [9.17, 15) is 0 Å². The van der Waals surface area contributed by atoms with E-state index in [4.69, 9.17) is 19.4 Å². The zero-order valence-electron chi connectivity index (χ0n) is 18.2. The van der Waals surface area contributed by atoms with Gasteiger partial charge in [-0.3, -0.25) is 9.67 Å². The molecule has 0 aliphatic carbocycles. The maximum absolute atomic E-state index is 6.58. The zero-order valence-corrected chi connectivity index (χ0v) is 18.2. The molecule has 0 bridgehead atoms. The van der Waals surface area contributed by atoms with Crippen molar-refractivity contribution in [3.63, 3.8) is 0 Å². The van der Waals surface area contributed by atoms with Gasteiger partial charge in [-0.25, -0.2) is 4.98 Å². The Bertz CT molecular complexity index is 1290. The first-order valence-corrected chi connectivity index (χ1v) is 10.9. The SMILES string of the molecule is Cn1ccc(C2Oc3c(Nc4ccncc4)nc(N4CCOCC4)nc3-c3ccccc32)n1. The fourth-order valence-electron chi connectivity index (χ4n) is 4.21. The summed E-state index contributed by atoms with van der Waals surface area (Å²) in [6.45, 7) is 2.80. The number of fused-ring (bicyclic) bond motifs is 3. The monoisotopic (exact) mass is 441 g/mol. The fourth-order valence-corrected chi connectivity index (χ4v) is 4.21. The number of anilines is 3. The van der Waals surface area contributed by atoms with E-state index in [2.05, 4.69) is 32.4 Å². The number of nitrogens with zero attached hydrogens (tertiary/aromatic N) is 6. The number of aryl methyl sites for hydroxylation is 1. The van der Waals surface area contributed by atoms with E-state index in [0.29, 0.717) is 30.7 Å². The number of hydrogen-bond acceptors (Lipinski definition) is 8. The molecule has 33 heavy (non-hydrogen) atoms. The topological polar surface area (TPSA) is 90.2 Å². The minimum absolute atomic E-state index is 0.356. The summed E-state index contributed by atoms with van der Waals surface area (Å²) in [4.78, 5) is 16.1. The molecular weight excluding hydrogens is 418 g/mol. The van der Waals surface area contributed by atoms with Gasteiger partial charge in [0.2, 0.25) is 5.95 Å². The van der Waals surface area contributed by atoms with Crippen LogP contribution in [0.5, 0.6) is 5.75 Å². The zero-order chi connectivity index (χ0) is 22.2. The van der Waals surface area contributed by atoms with Crippen LogP contribution < -0.4 is 15.0 Å². The van der Waals surface area contributed by atoms with Crippen LogP contribution in [0.15, 0.2) is 61.1 Å². The van der Waals surface area contributed by atoms with Gasteiger partial charge in [0.05, 0.1) is 13.2 Å². The molecule has 2 aliphatic heterocycles. The van der Waals surface area contributed by atoms with Gasteiger partial charge in [0, 0.05) is 55.5 Å². The lowest BCUT2D eigenvalue weighted by molar-refractivity contribution is 0.122. The van der Waals surface area contributed by atoms with Gasteiger partial charge < -0.3 is 19.7 Å². The second kappa shape index (κ2) is 8.18. The number of nitrogens with one attached hydrogen (secondary N) is 1. The summed E-state index contributed by atoms with van der Waals surface area (Å²) in [7, 11) is 1.90. The Morgan fingerprint density at radius 3 is 2.61 bits per heavy atom. The summed E-state index contributed by atoms with van der Waals surface area (Å²) < 4.78 is 13.9. The van der Waals surface area contributed by atoms with Crippen molar-refractivity contribution in [3.05, 3.63) is 72.3 Å². The second-order valence-corrected chi connectivity index (χ2v) is 8.01. The highest BCUT2D eigenvalue weighted by atomic mass is 16.5. The van der Waals surface area contributed by atoms with E-state index >= 15 is 0 Å². The van der Waals surface area contributed by atoms with Crippen molar-refractivity contribution in [1.82, 2.24) is 24.7 Å². The van der Waals surface area contributed by atoms with Crippen LogP contribution in [0.25, 0.3) is 11.3 Å². The summed E-state index contributed by atoms with van der Waals surface area (Å²) in [5, 5.41) is 8.03. The smallest absolute Gasteiger partial charge is 0.228 e. The van der Waals surface area contributed by atoms with E-state index in [1.54, 1.807) is 17.1 Å². The molecular formula is C24H23N7O2. The van der Waals surface area contributed by atoms with Gasteiger partial charge in [0.1, 0.15) is 11.4 Å². The van der Waals surface area contributed by atoms with Crippen LogP contribution in [-0.4, -0.2) is 51.0 Å². The summed E-state index contributed by atoms with van der Waals surface area (Å²) in [6, 6.07) is 14.0. The first-order valence-electron chi connectivity index (χ1n) is 10.9. The Kier molecular flexibility index (Phi) is 4.88. The van der Waals surface area contributed by atoms with Crippen LogP contribution in [-0.2, 0) is 11.8 Å². The molecule has 9 heteroatoms. The number of benzene rings is 1. The molecule has 0 amide bonds. The standard InChI is InChI=1S/C24H23N7O2/c1-30-11-8-19(29-30)21-18-5-3-2-4-17(18)20-22(33-21)23(26-16-6-9-25-10-7-16)28-24(27-20)31-12-14-32-15-13-31/h2-11,21H,12-15H2,1H3,(H,25,26,27,28). The first-order chi connectivity index (χ1) is 16.3. The van der Waals surface area contributed by atoms with Gasteiger partial charge in [-0.2, -0.15) is 10.1 Å². The van der Waals surface area contributed by atoms with Gasteiger partial charge in [0.15, 0.2) is 17.7 Å². The Balaban J connectivity index is 1.52. The largest absolute Gasteiger partial charge is 0.473 e. The van der Waals surface area contributed by atoms with Crippen molar-refractivity contribution in [1.29, 1.82) is 0 Å². The lowest BCUT2D eigenvalue weighted by Gasteiger charge is -2.31. The summed E-state index contributed by atoms with van der Waals surface area (Å²) in [5.74, 6) is 1.88. The summed E-state index contributed by atoms with van der Waals surface area (Å²) in [6.07, 6.45) is 5.05. The number of aromatic nitrogens is 5. The molecule has 166 valence electrons. The van der Waals surface area contributed by atoms with Crippen molar-refractivity contribution in [2.24, 2.45) is 7.05 Å². The van der Waals surface area contributed by atoms with Crippen molar-refractivity contribution >= 4 is 17.5 Å². The quantitative estimate of drug-likeness (QED) is 0.516. The minimum Gasteiger partial charge on any atom is -0.473 e. The number of ether oxygens (including phenoxy) is 2. The molecule has 2 aliphatic rings. The van der Waals surface area contributed by atoms with E-state index in [1.165, 1.54) is 0 Å². The van der Waals surface area contributed by atoms with Crippen LogP contribution in [0.4, 0.5) is 17.5 Å². The molecule has 0 radical (unpaired) electrons. The molecule has 1 aromatic carbocycles. The van der Waals surface area contributed by atoms with E-state index in [1.807, 2.05) is 43.6 Å². The van der Waals surface area contributed by atoms with Crippen molar-refractivity contribution in [2.45, 2.75) is 6.10 Å². The number of morpholine rings is 1. The Morgan fingerprint density at radius 2 is 1.82 bits per heavy atom. The molecule has 3 aromatic heterocycles. The highest BCUT2D eigenvalue weighted by Gasteiger charge is 2.33. The third kappa shape index (κ3) is 3.66. The number of rotatable bonds is 4. The molecule has 1 fully saturated rings. The van der Waals surface area contributed by atoms with E-state index in [0.717, 1.165) is 41.3 Å². The highest BCUT2D eigenvalue weighted by molar-refractivity contribution is 5.81. The normalized spacial score (nSPS) is 17.1. The minimum atomic E-state index is -0.356. The highest BCUT2D eigenvalue weighted by Crippen LogP contribution is 2.47. The lowest BCUT2D eigenvalue weighted by atomic mass is 9.94. The molecule has 1 unspecified atom stereocenters. The van der Waals surface area contributed by atoms with Gasteiger partial charge in [-0.05, 0) is 18.2 Å². The van der Waals surface area contributed by atoms with Crippen LogP contribution >= 0.6 is 0 Å². The van der Waals surface area contributed by atoms with Gasteiger partial charge in [-0.15, -0.1) is 0 Å². The molecule has 6 rings (SSSR count). The summed E-state index contributed by atoms with van der Waals surface area (Å²) in [5.41, 5.74) is 4.53. The first kappa shape index (κ1) is 19.7. The second-order valence-electron chi connectivity index (χ2n) is 8.01. The van der Waals surface area contributed by atoms with Gasteiger partial charge in [-0.1, -0.05) is 24.3 Å². The average Bonchev–Trinajstić information content (AvgIpc) is 3.30. The van der Waals surface area contributed by atoms with E-state index in [-0.39, 0.29) is 6.10 Å². The predicted molar refractivity (Wildman–Crippen MR) is 124 cm³/mol. The Hall–Kier alpha value is -3.98. The Morgan fingerprint density at radius 1 is 1.00 bits per heavy atom. The van der Waals surface area contributed by atoms with Crippen molar-refractivity contribution in [2.75, 3.05) is 36.5 Å². The molecule has 0 spiro atoms. The molecule has 1 N–H and O–H groups in total. The van der Waals surface area contributed by atoms with Crippen LogP contribution in [0.2, 0.25) is 0 Å².